The van der Waals surface area contributed by atoms with E-state index in [9.17, 15) is 0 Å². The molecule has 5 heteroatoms. The summed E-state index contributed by atoms with van der Waals surface area (Å²) >= 11 is 0. The zero-order valence-electron chi connectivity index (χ0n) is 26.7. The Labute approximate surface area is 287 Å². The van der Waals surface area contributed by atoms with Crippen LogP contribution >= 0.6 is 0 Å². The molecule has 6 aromatic carbocycles. The van der Waals surface area contributed by atoms with Crippen molar-refractivity contribution in [3.8, 4) is 56.2 Å². The molecule has 5 nitrogen and oxygen atoms in total. The monoisotopic (exact) mass is 641 g/mol. The maximum absolute atomic E-state index is 6.68. The van der Waals surface area contributed by atoms with Crippen LogP contribution in [0.25, 0.3) is 100 Å². The van der Waals surface area contributed by atoms with E-state index >= 15 is 0 Å². The van der Waals surface area contributed by atoms with Crippen molar-refractivity contribution in [1.82, 2.24) is 15.0 Å². The molecule has 4 aromatic heterocycles. The first-order valence-corrected chi connectivity index (χ1v) is 16.6. The highest BCUT2D eigenvalue weighted by molar-refractivity contribution is 6.16. The number of benzene rings is 6. The second-order valence-corrected chi connectivity index (χ2v) is 12.4. The van der Waals surface area contributed by atoms with Crippen LogP contribution in [0.15, 0.2) is 173 Å². The molecule has 0 aliphatic carbocycles. The highest BCUT2D eigenvalue weighted by Crippen LogP contribution is 2.43. The molecule has 50 heavy (non-hydrogen) atoms. The summed E-state index contributed by atoms with van der Waals surface area (Å²) in [7, 11) is 0. The Kier molecular flexibility index (Phi) is 6.42. The highest BCUT2D eigenvalue weighted by atomic mass is 16.3. The van der Waals surface area contributed by atoms with E-state index < -0.39 is 0 Å². The molecule has 0 aliphatic rings. The molecule has 0 spiro atoms. The third-order valence-corrected chi connectivity index (χ3v) is 9.44. The summed E-state index contributed by atoms with van der Waals surface area (Å²) in [4.78, 5) is 14.4. The van der Waals surface area contributed by atoms with Crippen molar-refractivity contribution in [3.05, 3.63) is 164 Å². The summed E-state index contributed by atoms with van der Waals surface area (Å²) in [5.41, 5.74) is 12.2. The third kappa shape index (κ3) is 4.67. The molecule has 0 fully saturated rings. The lowest BCUT2D eigenvalue weighted by Crippen LogP contribution is -1.96. The summed E-state index contributed by atoms with van der Waals surface area (Å²) < 4.78 is 12.9. The van der Waals surface area contributed by atoms with E-state index in [0.29, 0.717) is 5.82 Å². The van der Waals surface area contributed by atoms with Crippen LogP contribution in [0.3, 0.4) is 0 Å². The highest BCUT2D eigenvalue weighted by Gasteiger charge is 2.20. The summed E-state index contributed by atoms with van der Waals surface area (Å²) in [5, 5.41) is 4.25. The van der Waals surface area contributed by atoms with Gasteiger partial charge in [0.1, 0.15) is 22.3 Å². The molecular formula is C45H27N3O2. The van der Waals surface area contributed by atoms with Gasteiger partial charge in [-0.05, 0) is 65.2 Å². The molecule has 0 amide bonds. The van der Waals surface area contributed by atoms with Crippen molar-refractivity contribution in [1.29, 1.82) is 0 Å². The minimum atomic E-state index is 0.664. The SMILES string of the molecule is c1ccc(-c2nc(-c3ccc(-c4ccncc4)cc3)cc(-c3ccc(-c4ccc5c(c4)oc4ccccc45)c4oc5ccccc5c34)n2)cc1. The molecule has 10 aromatic rings. The third-order valence-electron chi connectivity index (χ3n) is 9.44. The van der Waals surface area contributed by atoms with Crippen molar-refractivity contribution in [3.63, 3.8) is 0 Å². The first-order chi connectivity index (χ1) is 24.8. The Morgan fingerprint density at radius 1 is 0.380 bits per heavy atom. The van der Waals surface area contributed by atoms with Crippen LogP contribution in [0.1, 0.15) is 0 Å². The van der Waals surface area contributed by atoms with E-state index in [-0.39, 0.29) is 0 Å². The number of hydrogen-bond acceptors (Lipinski definition) is 5. The van der Waals surface area contributed by atoms with Crippen LogP contribution in [0.5, 0.6) is 0 Å². The second kappa shape index (κ2) is 11.4. The van der Waals surface area contributed by atoms with E-state index in [1.165, 1.54) is 0 Å². The van der Waals surface area contributed by atoms with Gasteiger partial charge in [0, 0.05) is 56.2 Å². The fraction of sp³-hybridized carbons (Fsp3) is 0. The summed E-state index contributed by atoms with van der Waals surface area (Å²) in [6.07, 6.45) is 3.63. The number of aromatic nitrogens is 3. The molecule has 0 aliphatic heterocycles. The minimum absolute atomic E-state index is 0.664. The predicted molar refractivity (Wildman–Crippen MR) is 202 cm³/mol. The van der Waals surface area contributed by atoms with Gasteiger partial charge < -0.3 is 8.83 Å². The van der Waals surface area contributed by atoms with Crippen LogP contribution in [0.4, 0.5) is 0 Å². The molecule has 0 N–H and O–H groups in total. The van der Waals surface area contributed by atoms with E-state index in [2.05, 4.69) is 96.0 Å². The fourth-order valence-corrected chi connectivity index (χ4v) is 6.99. The molecule has 0 saturated heterocycles. The van der Waals surface area contributed by atoms with Gasteiger partial charge >= 0.3 is 0 Å². The van der Waals surface area contributed by atoms with Gasteiger partial charge in [0.25, 0.3) is 0 Å². The number of furan rings is 2. The lowest BCUT2D eigenvalue weighted by Gasteiger charge is -2.12. The van der Waals surface area contributed by atoms with E-state index in [1.54, 1.807) is 0 Å². The van der Waals surface area contributed by atoms with Gasteiger partial charge in [0.15, 0.2) is 5.82 Å². The Bertz CT molecular complexity index is 2850. The van der Waals surface area contributed by atoms with E-state index in [0.717, 1.165) is 94.2 Å². The van der Waals surface area contributed by atoms with Crippen molar-refractivity contribution in [2.75, 3.05) is 0 Å². The number of nitrogens with zero attached hydrogens (tertiary/aromatic N) is 3. The Morgan fingerprint density at radius 2 is 1.00 bits per heavy atom. The van der Waals surface area contributed by atoms with Crippen LogP contribution in [-0.2, 0) is 0 Å². The zero-order chi connectivity index (χ0) is 33.0. The van der Waals surface area contributed by atoms with Crippen molar-refractivity contribution < 1.29 is 8.83 Å². The number of rotatable bonds is 5. The molecule has 0 unspecified atom stereocenters. The summed E-state index contributed by atoms with van der Waals surface area (Å²) in [5.74, 6) is 0.664. The predicted octanol–water partition coefficient (Wildman–Crippen LogP) is 12.0. The van der Waals surface area contributed by atoms with Crippen molar-refractivity contribution in [2.45, 2.75) is 0 Å². The van der Waals surface area contributed by atoms with Crippen LogP contribution in [0, 0.1) is 0 Å². The normalized spacial score (nSPS) is 11.6. The number of pyridine rings is 1. The molecule has 234 valence electrons. The number of hydrogen-bond donors (Lipinski definition) is 0. The smallest absolute Gasteiger partial charge is 0.160 e. The van der Waals surface area contributed by atoms with Gasteiger partial charge in [0.2, 0.25) is 0 Å². The summed E-state index contributed by atoms with van der Waals surface area (Å²) in [6, 6.07) is 51.8. The molecule has 0 saturated carbocycles. The second-order valence-electron chi connectivity index (χ2n) is 12.4. The lowest BCUT2D eigenvalue weighted by molar-refractivity contribution is 0.668. The maximum atomic E-state index is 6.68. The van der Waals surface area contributed by atoms with Gasteiger partial charge in [-0.1, -0.05) is 103 Å². The minimum Gasteiger partial charge on any atom is -0.456 e. The van der Waals surface area contributed by atoms with Gasteiger partial charge in [0.05, 0.1) is 11.4 Å². The van der Waals surface area contributed by atoms with Crippen LogP contribution in [0.2, 0.25) is 0 Å². The van der Waals surface area contributed by atoms with Crippen molar-refractivity contribution >= 4 is 43.9 Å². The topological polar surface area (TPSA) is 65.0 Å². The van der Waals surface area contributed by atoms with Crippen LogP contribution < -0.4 is 0 Å². The number of para-hydroxylation sites is 2. The standard InChI is InChI=1S/C45H27N3O2/c1-2-8-31(9-3-1)45-47-38(30-16-14-28(15-17-30)29-22-24-46-25-23-29)27-39(48-45)36-21-20-33(44-43(36)37-11-5-7-13-41(37)50-44)32-18-19-35-34-10-4-6-12-40(34)49-42(35)26-32/h1-27H. The van der Waals surface area contributed by atoms with Gasteiger partial charge in [-0.15, -0.1) is 0 Å². The average Bonchev–Trinajstić information content (AvgIpc) is 3.77. The summed E-state index contributed by atoms with van der Waals surface area (Å²) in [6.45, 7) is 0. The molecule has 0 bridgehead atoms. The van der Waals surface area contributed by atoms with E-state index in [4.69, 9.17) is 18.8 Å². The quantitative estimate of drug-likeness (QED) is 0.187. The zero-order valence-corrected chi connectivity index (χ0v) is 26.7. The van der Waals surface area contributed by atoms with Crippen molar-refractivity contribution in [2.24, 2.45) is 0 Å². The first kappa shape index (κ1) is 28.2. The molecule has 0 radical (unpaired) electrons. The Hall–Kier alpha value is -6.85. The first-order valence-electron chi connectivity index (χ1n) is 16.6. The molecular weight excluding hydrogens is 615 g/mol. The largest absolute Gasteiger partial charge is 0.456 e. The average molecular weight is 642 g/mol. The number of fused-ring (bicyclic) bond motifs is 6. The lowest BCUT2D eigenvalue weighted by atomic mass is 9.95. The molecule has 4 heterocycles. The fourth-order valence-electron chi connectivity index (χ4n) is 6.99. The maximum Gasteiger partial charge on any atom is 0.160 e. The van der Waals surface area contributed by atoms with Gasteiger partial charge in [-0.3, -0.25) is 4.98 Å². The van der Waals surface area contributed by atoms with E-state index in [1.807, 2.05) is 73.1 Å². The van der Waals surface area contributed by atoms with Gasteiger partial charge in [-0.2, -0.15) is 0 Å². The Balaban J connectivity index is 1.17. The molecule has 10 rings (SSSR count). The van der Waals surface area contributed by atoms with Gasteiger partial charge in [-0.25, -0.2) is 9.97 Å². The molecule has 0 atom stereocenters. The van der Waals surface area contributed by atoms with Crippen LogP contribution in [-0.4, -0.2) is 15.0 Å². The Morgan fingerprint density at radius 3 is 1.82 bits per heavy atom.